The second-order valence-electron chi connectivity index (χ2n) is 6.10. The second-order valence-corrected chi connectivity index (χ2v) is 7.18. The molecule has 2 aromatic carbocycles. The van der Waals surface area contributed by atoms with Crippen molar-refractivity contribution in [3.05, 3.63) is 48.5 Å². The van der Waals surface area contributed by atoms with Gasteiger partial charge in [0, 0.05) is 48.9 Å². The van der Waals surface area contributed by atoms with Crippen LogP contribution in [0.15, 0.2) is 58.3 Å². The summed E-state index contributed by atoms with van der Waals surface area (Å²) < 4.78 is 0. The monoisotopic (exact) mass is 339 g/mol. The van der Waals surface area contributed by atoms with E-state index in [1.54, 1.807) is 0 Å². The van der Waals surface area contributed by atoms with Gasteiger partial charge in [-0.05, 0) is 24.3 Å². The van der Waals surface area contributed by atoms with Gasteiger partial charge in [-0.2, -0.15) is 0 Å². The highest BCUT2D eigenvalue weighted by molar-refractivity contribution is 7.99. The lowest BCUT2D eigenvalue weighted by molar-refractivity contribution is -0.108. The summed E-state index contributed by atoms with van der Waals surface area (Å²) >= 11 is 1.84. The number of aldehydes is 1. The molecule has 2 aliphatic heterocycles. The highest BCUT2D eigenvalue weighted by atomic mass is 32.2. The maximum Gasteiger partial charge on any atom is 0.121 e. The first-order valence-electron chi connectivity index (χ1n) is 8.44. The van der Waals surface area contributed by atoms with E-state index in [0.29, 0.717) is 6.42 Å². The third kappa shape index (κ3) is 2.95. The van der Waals surface area contributed by atoms with Crippen molar-refractivity contribution in [2.75, 3.05) is 37.7 Å². The Hall–Kier alpha value is -1.82. The molecule has 1 saturated heterocycles. The van der Waals surface area contributed by atoms with E-state index in [9.17, 15) is 4.79 Å². The van der Waals surface area contributed by atoms with Gasteiger partial charge in [0.2, 0.25) is 0 Å². The van der Waals surface area contributed by atoms with Crippen molar-refractivity contribution in [2.45, 2.75) is 16.2 Å². The largest absolute Gasteiger partial charge is 0.303 e. The maximum absolute atomic E-state index is 10.6. The summed E-state index contributed by atoms with van der Waals surface area (Å²) in [5.41, 5.74) is 2.53. The average molecular weight is 339 g/mol. The van der Waals surface area contributed by atoms with Crippen LogP contribution in [-0.4, -0.2) is 48.9 Å². The molecular weight excluding hydrogens is 318 g/mol. The third-order valence-corrected chi connectivity index (χ3v) is 5.73. The lowest BCUT2D eigenvalue weighted by Gasteiger charge is -2.44. The molecule has 0 bridgehead atoms. The van der Waals surface area contributed by atoms with Gasteiger partial charge in [0.15, 0.2) is 0 Å². The summed E-state index contributed by atoms with van der Waals surface area (Å²) in [4.78, 5) is 15.6. The highest BCUT2D eigenvalue weighted by Crippen LogP contribution is 2.48. The fourth-order valence-electron chi connectivity index (χ4n) is 3.39. The Morgan fingerprint density at radius 3 is 2.04 bits per heavy atom. The highest BCUT2D eigenvalue weighted by Gasteiger charge is 2.29. The molecule has 0 unspecified atom stereocenters. The molecule has 1 fully saturated rings. The molecule has 0 aromatic heterocycles. The minimum Gasteiger partial charge on any atom is -0.303 e. The molecule has 124 valence electrons. The van der Waals surface area contributed by atoms with Crippen LogP contribution in [0.1, 0.15) is 6.42 Å². The van der Waals surface area contributed by atoms with Crippen molar-refractivity contribution in [2.24, 2.45) is 0 Å². The molecular formula is C19H21N3OS. The topological polar surface area (TPSA) is 26.8 Å². The van der Waals surface area contributed by atoms with E-state index >= 15 is 0 Å². The molecule has 0 N–H and O–H groups in total. The van der Waals surface area contributed by atoms with Crippen molar-refractivity contribution < 1.29 is 4.79 Å². The first-order valence-corrected chi connectivity index (χ1v) is 9.25. The molecule has 4 nitrogen and oxygen atoms in total. The molecule has 0 saturated carbocycles. The van der Waals surface area contributed by atoms with Crippen LogP contribution in [0.3, 0.4) is 0 Å². The molecule has 2 aromatic rings. The van der Waals surface area contributed by atoms with E-state index in [0.717, 1.165) is 39.0 Å². The Morgan fingerprint density at radius 2 is 1.46 bits per heavy atom. The number of hydrogen-bond donors (Lipinski definition) is 0. The number of rotatable bonds is 4. The van der Waals surface area contributed by atoms with Gasteiger partial charge in [0.1, 0.15) is 6.29 Å². The minimum atomic E-state index is 0.631. The summed E-state index contributed by atoms with van der Waals surface area (Å²) in [7, 11) is 0. The molecule has 2 aliphatic rings. The fourth-order valence-corrected chi connectivity index (χ4v) is 4.43. The molecule has 2 heterocycles. The second kappa shape index (κ2) is 6.97. The molecule has 4 rings (SSSR count). The number of benzene rings is 2. The van der Waals surface area contributed by atoms with E-state index in [2.05, 4.69) is 63.4 Å². The quantitative estimate of drug-likeness (QED) is 0.796. The number of fused-ring (bicyclic) bond motifs is 2. The predicted octanol–water partition coefficient (Wildman–Crippen LogP) is 3.41. The van der Waals surface area contributed by atoms with E-state index < -0.39 is 0 Å². The van der Waals surface area contributed by atoms with Crippen LogP contribution in [0.5, 0.6) is 0 Å². The summed E-state index contributed by atoms with van der Waals surface area (Å²) in [6, 6.07) is 17.2. The molecule has 5 heteroatoms. The zero-order chi connectivity index (χ0) is 16.4. The Labute approximate surface area is 147 Å². The van der Waals surface area contributed by atoms with Gasteiger partial charge in [0.05, 0.1) is 11.4 Å². The van der Waals surface area contributed by atoms with Crippen molar-refractivity contribution in [1.29, 1.82) is 0 Å². The molecule has 24 heavy (non-hydrogen) atoms. The van der Waals surface area contributed by atoms with E-state index in [-0.39, 0.29) is 0 Å². The van der Waals surface area contributed by atoms with E-state index in [4.69, 9.17) is 0 Å². The summed E-state index contributed by atoms with van der Waals surface area (Å²) in [6.45, 7) is 4.84. The van der Waals surface area contributed by atoms with Gasteiger partial charge in [0.25, 0.3) is 0 Å². The Morgan fingerprint density at radius 1 is 0.875 bits per heavy atom. The first-order chi connectivity index (χ1) is 11.9. The Kier molecular flexibility index (Phi) is 4.56. The Bertz CT molecular complexity index is 683. The van der Waals surface area contributed by atoms with Gasteiger partial charge >= 0.3 is 0 Å². The summed E-state index contributed by atoms with van der Waals surface area (Å²) in [5.74, 6) is 0. The molecule has 0 radical (unpaired) electrons. The number of para-hydroxylation sites is 2. The van der Waals surface area contributed by atoms with Gasteiger partial charge in [-0.15, -0.1) is 0 Å². The average Bonchev–Trinajstić information content (AvgIpc) is 2.65. The normalized spacial score (nSPS) is 18.1. The lowest BCUT2D eigenvalue weighted by Crippen LogP contribution is -2.53. The van der Waals surface area contributed by atoms with Crippen LogP contribution in [0.4, 0.5) is 11.4 Å². The van der Waals surface area contributed by atoms with Crippen LogP contribution < -0.4 is 5.01 Å². The van der Waals surface area contributed by atoms with Crippen LogP contribution in [0.2, 0.25) is 0 Å². The van der Waals surface area contributed by atoms with Crippen LogP contribution in [0, 0.1) is 0 Å². The van der Waals surface area contributed by atoms with Crippen LogP contribution in [0.25, 0.3) is 0 Å². The third-order valence-electron chi connectivity index (χ3n) is 4.60. The number of carbonyl (C=O) groups is 1. The molecule has 0 aliphatic carbocycles. The lowest BCUT2D eigenvalue weighted by atomic mass is 10.2. The van der Waals surface area contributed by atoms with Crippen molar-refractivity contribution in [3.63, 3.8) is 0 Å². The number of hydrogen-bond acceptors (Lipinski definition) is 5. The minimum absolute atomic E-state index is 0.631. The van der Waals surface area contributed by atoms with E-state index in [1.807, 2.05) is 11.8 Å². The number of carbonyl (C=O) groups excluding carboxylic acids is 1. The summed E-state index contributed by atoms with van der Waals surface area (Å²) in [5, 5.41) is 4.83. The van der Waals surface area contributed by atoms with Crippen molar-refractivity contribution in [3.8, 4) is 0 Å². The Balaban J connectivity index is 1.60. The van der Waals surface area contributed by atoms with Gasteiger partial charge < -0.3 is 9.69 Å². The summed E-state index contributed by atoms with van der Waals surface area (Å²) in [6.07, 6.45) is 1.65. The van der Waals surface area contributed by atoms with Gasteiger partial charge in [-0.25, -0.2) is 5.01 Å². The zero-order valence-electron chi connectivity index (χ0n) is 13.6. The first kappa shape index (κ1) is 15.7. The number of hydrazine groups is 1. The van der Waals surface area contributed by atoms with Crippen LogP contribution >= 0.6 is 11.8 Å². The fraction of sp³-hybridized carbons (Fsp3) is 0.316. The maximum atomic E-state index is 10.6. The number of piperazine rings is 1. The van der Waals surface area contributed by atoms with E-state index in [1.165, 1.54) is 21.2 Å². The van der Waals surface area contributed by atoms with Crippen molar-refractivity contribution >= 4 is 29.4 Å². The van der Waals surface area contributed by atoms with Crippen molar-refractivity contribution in [1.82, 2.24) is 9.91 Å². The zero-order valence-corrected chi connectivity index (χ0v) is 14.4. The number of anilines is 2. The van der Waals surface area contributed by atoms with Gasteiger partial charge in [-0.1, -0.05) is 36.0 Å². The predicted molar refractivity (Wildman–Crippen MR) is 97.8 cm³/mol. The van der Waals surface area contributed by atoms with Gasteiger partial charge in [-0.3, -0.25) is 5.01 Å². The number of nitrogens with zero attached hydrogens (tertiary/aromatic N) is 3. The van der Waals surface area contributed by atoms with Crippen LogP contribution in [-0.2, 0) is 4.79 Å². The standard InChI is InChI=1S/C19H21N3OS/c23-15-5-10-20-11-13-21(14-12-20)22-16-6-1-3-8-18(16)24-19-9-4-2-7-17(19)22/h1-4,6-9,15H,5,10-14H2. The molecule has 0 spiro atoms. The SMILES string of the molecule is O=CCCN1CCN(N2c3ccccc3Sc3ccccc32)CC1. The molecule has 0 atom stereocenters. The smallest absolute Gasteiger partial charge is 0.121 e. The molecule has 0 amide bonds.